The largest absolute Gasteiger partial charge is 0.383 e. The molecule has 2 heterocycles. The maximum Gasteiger partial charge on any atom is 0.246 e. The minimum absolute atomic E-state index is 0.0155. The lowest BCUT2D eigenvalue weighted by molar-refractivity contribution is 0.470. The van der Waals surface area contributed by atoms with Gasteiger partial charge in [0, 0.05) is 34.5 Å². The third-order valence-corrected chi connectivity index (χ3v) is 6.02. The van der Waals surface area contributed by atoms with Gasteiger partial charge < -0.3 is 5.73 Å². The average molecular weight is 362 g/mol. The Balaban J connectivity index is 2.27. The van der Waals surface area contributed by atoms with E-state index in [1.165, 1.54) is 35.0 Å². The molecule has 19 heavy (non-hydrogen) atoms. The van der Waals surface area contributed by atoms with Crippen molar-refractivity contribution < 1.29 is 8.42 Å². The molecule has 0 aromatic carbocycles. The third kappa shape index (κ3) is 3.14. The highest BCUT2D eigenvalue weighted by molar-refractivity contribution is 9.10. The lowest BCUT2D eigenvalue weighted by atomic mass is 10.5. The van der Waals surface area contributed by atoms with Gasteiger partial charge in [0.15, 0.2) is 0 Å². The van der Waals surface area contributed by atoms with E-state index in [1.54, 1.807) is 6.07 Å². The highest BCUT2D eigenvalue weighted by Crippen LogP contribution is 2.24. The molecule has 2 N–H and O–H groups in total. The van der Waals surface area contributed by atoms with Crippen LogP contribution in [0.3, 0.4) is 0 Å². The van der Waals surface area contributed by atoms with Crippen molar-refractivity contribution in [2.75, 3.05) is 12.8 Å². The van der Waals surface area contributed by atoms with Gasteiger partial charge in [-0.3, -0.25) is 0 Å². The van der Waals surface area contributed by atoms with E-state index in [-0.39, 0.29) is 10.7 Å². The molecule has 0 saturated carbocycles. The molecule has 102 valence electrons. The van der Waals surface area contributed by atoms with E-state index in [1.807, 2.05) is 11.4 Å². The molecule has 0 unspecified atom stereocenters. The molecule has 0 fully saturated rings. The second-order valence-electron chi connectivity index (χ2n) is 3.88. The van der Waals surface area contributed by atoms with E-state index >= 15 is 0 Å². The number of thiophene rings is 1. The van der Waals surface area contributed by atoms with Crippen molar-refractivity contribution in [2.45, 2.75) is 11.4 Å². The summed E-state index contributed by atoms with van der Waals surface area (Å²) in [4.78, 5) is 4.79. The summed E-state index contributed by atoms with van der Waals surface area (Å²) in [6.45, 7) is 0.299. The van der Waals surface area contributed by atoms with Crippen LogP contribution < -0.4 is 5.73 Å². The minimum Gasteiger partial charge on any atom is -0.383 e. The Bertz CT molecular complexity index is 685. The Morgan fingerprint density at radius 2 is 2.26 bits per heavy atom. The molecule has 0 radical (unpaired) electrons. The van der Waals surface area contributed by atoms with Crippen molar-refractivity contribution in [1.82, 2.24) is 9.29 Å². The summed E-state index contributed by atoms with van der Waals surface area (Å²) in [7, 11) is -2.10. The van der Waals surface area contributed by atoms with Crippen molar-refractivity contribution in [1.29, 1.82) is 0 Å². The van der Waals surface area contributed by atoms with Crippen LogP contribution in [0.15, 0.2) is 39.1 Å². The van der Waals surface area contributed by atoms with E-state index < -0.39 is 10.0 Å². The van der Waals surface area contributed by atoms with E-state index in [9.17, 15) is 8.42 Å². The second-order valence-corrected chi connectivity index (χ2v) is 7.80. The summed E-state index contributed by atoms with van der Waals surface area (Å²) in [6, 6.07) is 4.90. The van der Waals surface area contributed by atoms with Gasteiger partial charge in [-0.05, 0) is 34.1 Å². The highest BCUT2D eigenvalue weighted by atomic mass is 79.9. The van der Waals surface area contributed by atoms with Gasteiger partial charge in [0.05, 0.1) is 0 Å². The molecule has 0 spiro atoms. The number of hydrogen-bond donors (Lipinski definition) is 1. The summed E-state index contributed by atoms with van der Waals surface area (Å²) in [5.74, 6) is 0.0155. The fraction of sp³-hybridized carbons (Fsp3) is 0.182. The van der Waals surface area contributed by atoms with E-state index in [0.29, 0.717) is 6.54 Å². The van der Waals surface area contributed by atoms with Crippen LogP contribution in [-0.2, 0) is 16.6 Å². The summed E-state index contributed by atoms with van der Waals surface area (Å²) in [6.07, 6.45) is 1.46. The summed E-state index contributed by atoms with van der Waals surface area (Å²) >= 11 is 4.84. The van der Waals surface area contributed by atoms with Crippen LogP contribution in [0.25, 0.3) is 0 Å². The van der Waals surface area contributed by atoms with E-state index in [0.717, 1.165) is 9.35 Å². The molecule has 8 heteroatoms. The zero-order valence-corrected chi connectivity index (χ0v) is 13.3. The van der Waals surface area contributed by atoms with Crippen LogP contribution in [-0.4, -0.2) is 24.8 Å². The standard InChI is InChI=1S/C11H12BrN3O2S2/c1-15(6-9-5-8(12)7-18-9)19(16,17)10-3-2-4-14-11(10)13/h2-5,7H,6H2,1H3,(H2,13,14). The number of sulfonamides is 1. The maximum absolute atomic E-state index is 12.4. The number of nitrogen functional groups attached to an aromatic ring is 1. The van der Waals surface area contributed by atoms with Gasteiger partial charge in [-0.25, -0.2) is 13.4 Å². The molecular formula is C11H12BrN3O2S2. The molecule has 0 saturated heterocycles. The fourth-order valence-corrected chi connectivity index (χ4v) is 4.33. The molecule has 0 amide bonds. The van der Waals surface area contributed by atoms with Gasteiger partial charge in [0.2, 0.25) is 10.0 Å². The third-order valence-electron chi connectivity index (χ3n) is 2.49. The molecule has 0 aliphatic rings. The normalized spacial score (nSPS) is 11.9. The molecular weight excluding hydrogens is 350 g/mol. The first-order chi connectivity index (χ1) is 8.91. The van der Waals surface area contributed by atoms with E-state index in [4.69, 9.17) is 5.73 Å². The number of nitrogens with zero attached hydrogens (tertiary/aromatic N) is 2. The lowest BCUT2D eigenvalue weighted by Crippen LogP contribution is -2.27. The molecule has 0 atom stereocenters. The van der Waals surface area contributed by atoms with Crippen LogP contribution >= 0.6 is 27.3 Å². The zero-order chi connectivity index (χ0) is 14.0. The van der Waals surface area contributed by atoms with Crippen LogP contribution in [0.1, 0.15) is 4.88 Å². The van der Waals surface area contributed by atoms with Crippen molar-refractivity contribution in [3.8, 4) is 0 Å². The molecule has 2 rings (SSSR count). The van der Waals surface area contributed by atoms with Crippen LogP contribution in [0.5, 0.6) is 0 Å². The van der Waals surface area contributed by atoms with Crippen molar-refractivity contribution in [3.05, 3.63) is 39.1 Å². The Hall–Kier alpha value is -0.960. The average Bonchev–Trinajstić information content (AvgIpc) is 2.75. The number of hydrogen-bond acceptors (Lipinski definition) is 5. The first kappa shape index (κ1) is 14.4. The fourth-order valence-electron chi connectivity index (χ4n) is 1.53. The van der Waals surface area contributed by atoms with E-state index in [2.05, 4.69) is 20.9 Å². The predicted octanol–water partition coefficient (Wildman–Crippen LogP) is 2.31. The Labute approximate surface area is 124 Å². The molecule has 2 aromatic rings. The van der Waals surface area contributed by atoms with Gasteiger partial charge in [-0.1, -0.05) is 0 Å². The van der Waals surface area contributed by atoms with Crippen molar-refractivity contribution in [2.24, 2.45) is 0 Å². The zero-order valence-electron chi connectivity index (χ0n) is 10.1. The Morgan fingerprint density at radius 3 is 2.84 bits per heavy atom. The quantitative estimate of drug-likeness (QED) is 0.906. The number of anilines is 1. The lowest BCUT2D eigenvalue weighted by Gasteiger charge is -2.16. The maximum atomic E-state index is 12.4. The molecule has 0 bridgehead atoms. The second kappa shape index (κ2) is 5.58. The van der Waals surface area contributed by atoms with Gasteiger partial charge in [-0.15, -0.1) is 11.3 Å². The van der Waals surface area contributed by atoms with Gasteiger partial charge in [-0.2, -0.15) is 4.31 Å². The topological polar surface area (TPSA) is 76.3 Å². The minimum atomic E-state index is -3.62. The van der Waals surface area contributed by atoms with Crippen LogP contribution in [0, 0.1) is 0 Å². The molecule has 5 nitrogen and oxygen atoms in total. The van der Waals surface area contributed by atoms with Crippen molar-refractivity contribution in [3.63, 3.8) is 0 Å². The molecule has 0 aliphatic heterocycles. The van der Waals surface area contributed by atoms with Crippen LogP contribution in [0.2, 0.25) is 0 Å². The Kier molecular flexibility index (Phi) is 4.24. The SMILES string of the molecule is CN(Cc1cc(Br)cs1)S(=O)(=O)c1cccnc1N. The van der Waals surface area contributed by atoms with Gasteiger partial charge in [0.25, 0.3) is 0 Å². The first-order valence-electron chi connectivity index (χ1n) is 5.31. The number of nitrogens with two attached hydrogens (primary N) is 1. The van der Waals surface area contributed by atoms with Gasteiger partial charge in [0.1, 0.15) is 10.7 Å². The van der Waals surface area contributed by atoms with Crippen LogP contribution in [0.4, 0.5) is 5.82 Å². The number of pyridine rings is 1. The number of aromatic nitrogens is 1. The van der Waals surface area contributed by atoms with Gasteiger partial charge >= 0.3 is 0 Å². The molecule has 2 aromatic heterocycles. The smallest absolute Gasteiger partial charge is 0.246 e. The summed E-state index contributed by atoms with van der Waals surface area (Å²) in [5, 5.41) is 1.91. The summed E-state index contributed by atoms with van der Waals surface area (Å²) < 4.78 is 26.9. The number of halogens is 1. The van der Waals surface area contributed by atoms with Crippen molar-refractivity contribution >= 4 is 43.1 Å². The summed E-state index contributed by atoms with van der Waals surface area (Å²) in [5.41, 5.74) is 5.62. The first-order valence-corrected chi connectivity index (χ1v) is 8.42. The number of rotatable bonds is 4. The molecule has 0 aliphatic carbocycles. The predicted molar refractivity (Wildman–Crippen MR) is 79.3 cm³/mol. The Morgan fingerprint density at radius 1 is 1.53 bits per heavy atom. The highest BCUT2D eigenvalue weighted by Gasteiger charge is 2.24. The monoisotopic (exact) mass is 361 g/mol.